The van der Waals surface area contributed by atoms with Gasteiger partial charge in [-0.3, -0.25) is 4.79 Å². The zero-order valence-corrected chi connectivity index (χ0v) is 8.99. The van der Waals surface area contributed by atoms with Gasteiger partial charge in [0.25, 0.3) is 5.91 Å². The summed E-state index contributed by atoms with van der Waals surface area (Å²) in [6, 6.07) is 7.43. The number of para-hydroxylation sites is 1. The molecule has 2 rings (SSSR count). The molecule has 3 nitrogen and oxygen atoms in total. The largest absolute Gasteiger partial charge is 0.491 e. The van der Waals surface area contributed by atoms with Crippen molar-refractivity contribution in [2.24, 2.45) is 5.92 Å². The summed E-state index contributed by atoms with van der Waals surface area (Å²) in [7, 11) is 0. The Balaban J connectivity index is 2.28. The fraction of sp³-hybridized carbons (Fsp3) is 0.417. The molecule has 1 unspecified atom stereocenters. The SMILES string of the molecule is CC(C)C1COc2ccccc2C(=O)N1. The molecule has 3 heteroatoms. The zero-order valence-electron chi connectivity index (χ0n) is 8.99. The molecule has 1 aromatic rings. The lowest BCUT2D eigenvalue weighted by molar-refractivity contribution is 0.0926. The maximum atomic E-state index is 11.8. The Morgan fingerprint density at radius 1 is 1.40 bits per heavy atom. The molecule has 0 aliphatic carbocycles. The van der Waals surface area contributed by atoms with Crippen molar-refractivity contribution in [2.45, 2.75) is 19.9 Å². The highest BCUT2D eigenvalue weighted by Crippen LogP contribution is 2.21. The maximum absolute atomic E-state index is 11.8. The van der Waals surface area contributed by atoms with E-state index < -0.39 is 0 Å². The van der Waals surface area contributed by atoms with Crippen molar-refractivity contribution in [3.05, 3.63) is 29.8 Å². The van der Waals surface area contributed by atoms with Gasteiger partial charge in [0.05, 0.1) is 11.6 Å². The van der Waals surface area contributed by atoms with E-state index in [2.05, 4.69) is 19.2 Å². The molecule has 15 heavy (non-hydrogen) atoms. The zero-order chi connectivity index (χ0) is 10.8. The number of benzene rings is 1. The van der Waals surface area contributed by atoms with E-state index in [1.54, 1.807) is 6.07 Å². The average molecular weight is 205 g/mol. The molecule has 1 aliphatic rings. The van der Waals surface area contributed by atoms with Gasteiger partial charge in [0.2, 0.25) is 0 Å². The summed E-state index contributed by atoms with van der Waals surface area (Å²) in [5, 5.41) is 2.97. The number of nitrogens with one attached hydrogen (secondary N) is 1. The number of fused-ring (bicyclic) bond motifs is 1. The van der Waals surface area contributed by atoms with E-state index in [1.165, 1.54) is 0 Å². The first kappa shape index (κ1) is 10.0. The average Bonchev–Trinajstić information content (AvgIpc) is 2.39. The van der Waals surface area contributed by atoms with Crippen LogP contribution in [-0.2, 0) is 0 Å². The number of ether oxygens (including phenoxy) is 1. The molecule has 0 aromatic heterocycles. The van der Waals surface area contributed by atoms with Gasteiger partial charge in [0, 0.05) is 0 Å². The second kappa shape index (κ2) is 3.93. The Morgan fingerprint density at radius 2 is 2.13 bits per heavy atom. The van der Waals surface area contributed by atoms with E-state index in [1.807, 2.05) is 18.2 Å². The van der Waals surface area contributed by atoms with E-state index in [0.29, 0.717) is 23.8 Å². The quantitative estimate of drug-likeness (QED) is 0.759. The van der Waals surface area contributed by atoms with Crippen LogP contribution in [-0.4, -0.2) is 18.6 Å². The van der Waals surface area contributed by atoms with E-state index in [0.717, 1.165) is 0 Å². The molecule has 1 amide bonds. The minimum absolute atomic E-state index is 0.0400. The van der Waals surface area contributed by atoms with E-state index in [-0.39, 0.29) is 11.9 Å². The third-order valence-electron chi connectivity index (χ3n) is 2.67. The fourth-order valence-electron chi connectivity index (χ4n) is 1.61. The molecule has 0 spiro atoms. The van der Waals surface area contributed by atoms with Crippen LogP contribution in [0.15, 0.2) is 24.3 Å². The minimum atomic E-state index is -0.0400. The highest BCUT2D eigenvalue weighted by molar-refractivity contribution is 5.97. The van der Waals surface area contributed by atoms with Gasteiger partial charge in [0.1, 0.15) is 12.4 Å². The molecule has 1 N–H and O–H groups in total. The summed E-state index contributed by atoms with van der Waals surface area (Å²) in [5.41, 5.74) is 0.626. The monoisotopic (exact) mass is 205 g/mol. The van der Waals surface area contributed by atoms with E-state index in [4.69, 9.17) is 4.74 Å². The summed E-state index contributed by atoms with van der Waals surface area (Å²) in [5.74, 6) is 1.02. The lowest BCUT2D eigenvalue weighted by Gasteiger charge is -2.18. The van der Waals surface area contributed by atoms with Gasteiger partial charge in [0.15, 0.2) is 0 Å². The normalized spacial score (nSPS) is 20.2. The van der Waals surface area contributed by atoms with Crippen molar-refractivity contribution in [3.8, 4) is 5.75 Å². The fourth-order valence-corrected chi connectivity index (χ4v) is 1.61. The number of hydrogen-bond acceptors (Lipinski definition) is 2. The number of carbonyl (C=O) groups is 1. The Hall–Kier alpha value is -1.51. The first-order valence-electron chi connectivity index (χ1n) is 5.21. The van der Waals surface area contributed by atoms with Crippen molar-refractivity contribution in [3.63, 3.8) is 0 Å². The third-order valence-corrected chi connectivity index (χ3v) is 2.67. The molecule has 0 radical (unpaired) electrons. The molecule has 0 saturated heterocycles. The van der Waals surface area contributed by atoms with Crippen molar-refractivity contribution < 1.29 is 9.53 Å². The van der Waals surface area contributed by atoms with Crippen LogP contribution in [0.25, 0.3) is 0 Å². The molecule has 1 heterocycles. The van der Waals surface area contributed by atoms with Crippen LogP contribution in [0.2, 0.25) is 0 Å². The Labute approximate surface area is 89.4 Å². The number of rotatable bonds is 1. The van der Waals surface area contributed by atoms with Crippen molar-refractivity contribution in [2.75, 3.05) is 6.61 Å². The molecular formula is C12H15NO2. The van der Waals surface area contributed by atoms with Gasteiger partial charge in [-0.25, -0.2) is 0 Å². The highest BCUT2D eigenvalue weighted by Gasteiger charge is 2.23. The molecule has 80 valence electrons. The first-order chi connectivity index (χ1) is 7.18. The molecule has 0 bridgehead atoms. The second-order valence-electron chi connectivity index (χ2n) is 4.13. The molecular weight excluding hydrogens is 190 g/mol. The molecule has 1 aliphatic heterocycles. The van der Waals surface area contributed by atoms with Crippen LogP contribution in [0.3, 0.4) is 0 Å². The summed E-state index contributed by atoms with van der Waals surface area (Å²) in [4.78, 5) is 11.8. The van der Waals surface area contributed by atoms with Gasteiger partial charge >= 0.3 is 0 Å². The van der Waals surface area contributed by atoms with Gasteiger partial charge in [-0.15, -0.1) is 0 Å². The summed E-state index contributed by atoms with van der Waals surface area (Å²) >= 11 is 0. The van der Waals surface area contributed by atoms with Crippen LogP contribution < -0.4 is 10.1 Å². The first-order valence-corrected chi connectivity index (χ1v) is 5.21. The standard InChI is InChI=1S/C12H15NO2/c1-8(2)10-7-15-11-6-4-3-5-9(11)12(14)13-10/h3-6,8,10H,7H2,1-2H3,(H,13,14). The van der Waals surface area contributed by atoms with E-state index >= 15 is 0 Å². The van der Waals surface area contributed by atoms with Gasteiger partial charge in [-0.2, -0.15) is 0 Å². The summed E-state index contributed by atoms with van der Waals surface area (Å²) < 4.78 is 5.61. The molecule has 1 aromatic carbocycles. The van der Waals surface area contributed by atoms with E-state index in [9.17, 15) is 4.79 Å². The number of carbonyl (C=O) groups excluding carboxylic acids is 1. The third kappa shape index (κ3) is 1.96. The van der Waals surface area contributed by atoms with Crippen molar-refractivity contribution >= 4 is 5.91 Å². The topological polar surface area (TPSA) is 38.3 Å². The number of amides is 1. The smallest absolute Gasteiger partial charge is 0.255 e. The highest BCUT2D eigenvalue weighted by atomic mass is 16.5. The predicted molar refractivity (Wildman–Crippen MR) is 58.0 cm³/mol. The van der Waals surface area contributed by atoms with Gasteiger partial charge in [-0.1, -0.05) is 26.0 Å². The van der Waals surface area contributed by atoms with Crippen LogP contribution in [0.1, 0.15) is 24.2 Å². The Kier molecular flexibility index (Phi) is 2.62. The Morgan fingerprint density at radius 3 is 2.87 bits per heavy atom. The predicted octanol–water partition coefficient (Wildman–Crippen LogP) is 1.83. The maximum Gasteiger partial charge on any atom is 0.255 e. The van der Waals surface area contributed by atoms with Crippen LogP contribution >= 0.6 is 0 Å². The van der Waals surface area contributed by atoms with Crippen LogP contribution in [0.4, 0.5) is 0 Å². The second-order valence-corrected chi connectivity index (χ2v) is 4.13. The lowest BCUT2D eigenvalue weighted by atomic mass is 10.1. The molecule has 0 fully saturated rings. The number of hydrogen-bond donors (Lipinski definition) is 1. The summed E-state index contributed by atoms with van der Waals surface area (Å²) in [6.07, 6.45) is 0. The van der Waals surface area contributed by atoms with Crippen molar-refractivity contribution in [1.82, 2.24) is 5.32 Å². The molecule has 1 atom stereocenters. The Bertz CT molecular complexity index is 374. The van der Waals surface area contributed by atoms with Crippen molar-refractivity contribution in [1.29, 1.82) is 0 Å². The van der Waals surface area contributed by atoms with Crippen LogP contribution in [0, 0.1) is 5.92 Å². The summed E-state index contributed by atoms with van der Waals surface area (Å²) in [6.45, 7) is 4.69. The van der Waals surface area contributed by atoms with Gasteiger partial charge < -0.3 is 10.1 Å². The van der Waals surface area contributed by atoms with Gasteiger partial charge in [-0.05, 0) is 18.1 Å². The minimum Gasteiger partial charge on any atom is -0.491 e. The molecule has 0 saturated carbocycles. The lowest BCUT2D eigenvalue weighted by Crippen LogP contribution is -2.40. The van der Waals surface area contributed by atoms with Crippen LogP contribution in [0.5, 0.6) is 5.75 Å².